The number of unbranched alkanes of at least 4 members (excludes halogenated alkanes) is 1. The molecular formula is C55H75BrN10O9S. The van der Waals surface area contributed by atoms with Gasteiger partial charge in [-0.2, -0.15) is 5.10 Å². The molecule has 4 amide bonds. The lowest BCUT2D eigenvalue weighted by atomic mass is 10.0. The van der Waals surface area contributed by atoms with E-state index in [1.807, 2.05) is 36.2 Å². The lowest BCUT2D eigenvalue weighted by Gasteiger charge is -2.32. The molecule has 1 saturated heterocycles. The SMILES string of the molecule is CN(CCCCOCc1ccc(CCC(=O)N(C2CC2)C(C=O)c2ccc(Br)cc2)cc1)CCOCCOCC/C(C=NCCOCCOc1ccc(NC(=O)Nc2nc(CC(=O)N3CCN(C)CC3)cs2)cc1)=N/N. The number of aldehydes is 1. The van der Waals surface area contributed by atoms with E-state index in [0.717, 1.165) is 79.3 Å². The Morgan fingerprint density at radius 2 is 1.54 bits per heavy atom. The Bertz CT molecular complexity index is 2420. The highest BCUT2D eigenvalue weighted by atomic mass is 79.9. The number of urea groups is 1. The number of aromatic nitrogens is 1. The van der Waals surface area contributed by atoms with Crippen molar-refractivity contribution in [2.24, 2.45) is 15.9 Å². The smallest absolute Gasteiger partial charge is 0.325 e. The number of ether oxygens (including phenoxy) is 5. The maximum absolute atomic E-state index is 13.3. The number of carbonyl (C=O) groups is 4. The van der Waals surface area contributed by atoms with Crippen molar-refractivity contribution in [3.63, 3.8) is 0 Å². The van der Waals surface area contributed by atoms with Gasteiger partial charge in [-0.05, 0) is 106 Å². The quantitative estimate of drug-likeness (QED) is 0.0141. The highest BCUT2D eigenvalue weighted by Gasteiger charge is 2.37. The second kappa shape index (κ2) is 33.5. The summed E-state index contributed by atoms with van der Waals surface area (Å²) in [5.74, 6) is 6.26. The fourth-order valence-corrected chi connectivity index (χ4v) is 9.09. The summed E-state index contributed by atoms with van der Waals surface area (Å²) < 4.78 is 29.8. The van der Waals surface area contributed by atoms with Crippen LogP contribution in [0.25, 0.3) is 0 Å². The summed E-state index contributed by atoms with van der Waals surface area (Å²) in [4.78, 5) is 67.5. The van der Waals surface area contributed by atoms with Gasteiger partial charge in [0.1, 0.15) is 24.7 Å². The van der Waals surface area contributed by atoms with Gasteiger partial charge in [0.25, 0.3) is 0 Å². The number of nitrogens with two attached hydrogens (primary N) is 1. The van der Waals surface area contributed by atoms with Crippen LogP contribution in [-0.2, 0) is 52.8 Å². The van der Waals surface area contributed by atoms with Crippen LogP contribution in [0.2, 0.25) is 0 Å². The number of benzene rings is 3. The number of aliphatic imine (C=N–C) groups is 1. The molecule has 3 aromatic carbocycles. The van der Waals surface area contributed by atoms with Gasteiger partial charge in [0.15, 0.2) is 5.13 Å². The van der Waals surface area contributed by atoms with E-state index < -0.39 is 12.1 Å². The second-order valence-electron chi connectivity index (χ2n) is 18.7. The molecule has 0 radical (unpaired) electrons. The summed E-state index contributed by atoms with van der Waals surface area (Å²) >= 11 is 4.73. The van der Waals surface area contributed by atoms with E-state index >= 15 is 0 Å². The first-order valence-electron chi connectivity index (χ1n) is 26.1. The number of hydrogen-bond acceptors (Lipinski definition) is 16. The monoisotopic (exact) mass is 1130 g/mol. The van der Waals surface area contributed by atoms with Crippen molar-refractivity contribution >= 4 is 74.1 Å². The minimum absolute atomic E-state index is 0.0156. The molecule has 2 heterocycles. The maximum atomic E-state index is 13.3. The molecule has 1 aromatic heterocycles. The van der Waals surface area contributed by atoms with Crippen LogP contribution in [0.15, 0.2) is 92.7 Å². The van der Waals surface area contributed by atoms with Crippen molar-refractivity contribution < 1.29 is 42.9 Å². The van der Waals surface area contributed by atoms with Crippen molar-refractivity contribution in [3.05, 3.63) is 105 Å². The third kappa shape index (κ3) is 22.1. The van der Waals surface area contributed by atoms with Gasteiger partial charge in [0.2, 0.25) is 11.8 Å². The molecule has 1 aliphatic carbocycles. The summed E-state index contributed by atoms with van der Waals surface area (Å²) in [6.07, 6.45) is 8.12. The van der Waals surface area contributed by atoms with E-state index in [-0.39, 0.29) is 24.3 Å². The number of amides is 4. The lowest BCUT2D eigenvalue weighted by Crippen LogP contribution is -2.47. The molecule has 76 heavy (non-hydrogen) atoms. The molecule has 1 unspecified atom stereocenters. The van der Waals surface area contributed by atoms with Gasteiger partial charge in [0.05, 0.1) is 70.6 Å². The molecule has 1 atom stereocenters. The largest absolute Gasteiger partial charge is 0.491 e. The first-order valence-corrected chi connectivity index (χ1v) is 27.8. The molecule has 412 valence electrons. The van der Waals surface area contributed by atoms with E-state index in [1.54, 1.807) is 40.8 Å². The predicted octanol–water partition coefficient (Wildman–Crippen LogP) is 6.86. The first-order chi connectivity index (χ1) is 37.1. The Hall–Kier alpha value is -5.65. The average Bonchev–Trinajstić information content (AvgIpc) is 4.18. The summed E-state index contributed by atoms with van der Waals surface area (Å²) in [6, 6.07) is 22.0. The second-order valence-corrected chi connectivity index (χ2v) is 20.5. The van der Waals surface area contributed by atoms with Crippen molar-refractivity contribution in [1.82, 2.24) is 24.6 Å². The highest BCUT2D eigenvalue weighted by Crippen LogP contribution is 2.35. The molecule has 0 bridgehead atoms. The van der Waals surface area contributed by atoms with Crippen LogP contribution in [0.4, 0.5) is 15.6 Å². The van der Waals surface area contributed by atoms with Crippen LogP contribution in [0.1, 0.15) is 67.0 Å². The van der Waals surface area contributed by atoms with E-state index in [2.05, 4.69) is 82.8 Å². The number of rotatable bonds is 35. The molecule has 4 aromatic rings. The van der Waals surface area contributed by atoms with Crippen LogP contribution in [0.5, 0.6) is 5.75 Å². The number of hydrazone groups is 1. The molecule has 6 rings (SSSR count). The van der Waals surface area contributed by atoms with Gasteiger partial charge >= 0.3 is 6.03 Å². The number of nitrogens with zero attached hydrogens (tertiary/aromatic N) is 7. The Morgan fingerprint density at radius 1 is 0.829 bits per heavy atom. The zero-order valence-electron chi connectivity index (χ0n) is 44.0. The van der Waals surface area contributed by atoms with Gasteiger partial charge in [-0.15, -0.1) is 11.3 Å². The van der Waals surface area contributed by atoms with Gasteiger partial charge in [0, 0.05) is 80.0 Å². The fraction of sp³-hybridized carbons (Fsp3) is 0.509. The summed E-state index contributed by atoms with van der Waals surface area (Å²) in [5, 5.41) is 11.5. The predicted molar refractivity (Wildman–Crippen MR) is 300 cm³/mol. The molecular weight excluding hydrogens is 1060 g/mol. The normalized spacial score (nSPS) is 14.5. The average molecular weight is 1130 g/mol. The van der Waals surface area contributed by atoms with Crippen LogP contribution >= 0.6 is 27.3 Å². The molecule has 21 heteroatoms. The van der Waals surface area contributed by atoms with Crippen molar-refractivity contribution in [1.29, 1.82) is 0 Å². The highest BCUT2D eigenvalue weighted by molar-refractivity contribution is 9.10. The van der Waals surface area contributed by atoms with Gasteiger partial charge in [-0.3, -0.25) is 19.9 Å². The molecule has 4 N–H and O–H groups in total. The number of piperazine rings is 1. The summed E-state index contributed by atoms with van der Waals surface area (Å²) in [6.45, 7) is 9.78. The maximum Gasteiger partial charge on any atom is 0.325 e. The zero-order chi connectivity index (χ0) is 53.7. The molecule has 19 nitrogen and oxygen atoms in total. The van der Waals surface area contributed by atoms with Crippen LogP contribution < -0.4 is 21.2 Å². The Labute approximate surface area is 459 Å². The van der Waals surface area contributed by atoms with Gasteiger partial charge in [-0.25, -0.2) is 9.78 Å². The van der Waals surface area contributed by atoms with E-state index in [4.69, 9.17) is 29.5 Å². The van der Waals surface area contributed by atoms with Crippen molar-refractivity contribution in [2.45, 2.75) is 70.1 Å². The number of hydrogen-bond donors (Lipinski definition) is 3. The molecule has 1 aliphatic heterocycles. The Morgan fingerprint density at radius 3 is 2.26 bits per heavy atom. The number of nitrogens with one attached hydrogen (secondary N) is 2. The first kappa shape index (κ1) is 59.6. The number of halogens is 1. The number of carbonyl (C=O) groups excluding carboxylic acids is 4. The van der Waals surface area contributed by atoms with Gasteiger partial charge in [-0.1, -0.05) is 52.3 Å². The minimum atomic E-state index is -0.558. The lowest BCUT2D eigenvalue weighted by molar-refractivity contribution is -0.137. The topological polar surface area (TPSA) is 215 Å². The molecule has 2 fully saturated rings. The van der Waals surface area contributed by atoms with Crippen LogP contribution in [-0.4, -0.2) is 179 Å². The Balaban J connectivity index is 0.697. The minimum Gasteiger partial charge on any atom is -0.491 e. The fourth-order valence-electron chi connectivity index (χ4n) is 8.12. The van der Waals surface area contributed by atoms with Gasteiger partial charge < -0.3 is 59.2 Å². The van der Waals surface area contributed by atoms with Crippen molar-refractivity contribution in [3.8, 4) is 5.75 Å². The van der Waals surface area contributed by atoms with Crippen molar-refractivity contribution in [2.75, 3.05) is 123 Å². The molecule has 1 saturated carbocycles. The van der Waals surface area contributed by atoms with E-state index in [1.165, 1.54) is 11.3 Å². The summed E-state index contributed by atoms with van der Waals surface area (Å²) in [7, 11) is 4.14. The van der Waals surface area contributed by atoms with Crippen LogP contribution in [0, 0.1) is 0 Å². The number of aryl methyl sites for hydroxylation is 1. The zero-order valence-corrected chi connectivity index (χ0v) is 46.4. The third-order valence-corrected chi connectivity index (χ3v) is 14.0. The molecule has 0 spiro atoms. The standard InChI is InChI=1S/C55H75BrN10O9S/c1-63(23-3-4-29-74-40-43-7-5-42(6-8-43)9-20-52(68)66(49-16-17-49)51(39-67)44-10-12-45(56)13-11-44)28-32-73-34-33-71-30-21-47(62-57)38-58-22-31-72-35-36-75-50-18-14-46(15-19-50)59-54(70)61-55-60-48(41-76-55)37-53(69)65-26-24-64(2)25-27-65/h5-8,10-15,18-19,38-39,41,49,51H,3-4,9,16-17,20-37,40,57H2,1-2H3,(H2,59,60,61,70)/b58-38?,62-47-. The summed E-state index contributed by atoms with van der Waals surface area (Å²) in [5.41, 5.74) is 4.88. The number of thiazole rings is 1. The molecule has 2 aliphatic rings. The van der Waals surface area contributed by atoms with E-state index in [0.29, 0.717) is 126 Å². The Kier molecular flexibility index (Phi) is 26.3. The van der Waals surface area contributed by atoms with Crippen LogP contribution in [0.3, 0.4) is 0 Å². The number of anilines is 2. The van der Waals surface area contributed by atoms with E-state index in [9.17, 15) is 19.2 Å². The number of likely N-dealkylation sites (N-methyl/N-ethyl adjacent to an activating group) is 2. The third-order valence-electron chi connectivity index (χ3n) is 12.7.